The molecule has 0 aliphatic carbocycles. The second kappa shape index (κ2) is 48.7. The number of pyridine rings is 12. The van der Waals surface area contributed by atoms with Crippen LogP contribution in [0.25, 0.3) is 45.0 Å². The number of nitrogens with zero attached hydrogens (tertiary/aromatic N) is 24. The second-order valence-corrected chi connectivity index (χ2v) is 23.9. The molecule has 4 aliphatic heterocycles. The normalized spacial score (nSPS) is 12.4. The van der Waals surface area contributed by atoms with Crippen molar-refractivity contribution in [2.24, 2.45) is 20.4 Å². The topological polar surface area (TPSA) is 230 Å². The molecular formula is C78H56F16Ir4N24. The summed E-state index contributed by atoms with van der Waals surface area (Å²) < 4.78 is 206. The van der Waals surface area contributed by atoms with Gasteiger partial charge in [-0.15, -0.1) is 75.2 Å². The minimum Gasteiger partial charge on any atom is -0.493 e. The van der Waals surface area contributed by atoms with Gasteiger partial charge in [0.05, 0.1) is 49.1 Å². The monoisotopic (exact) mass is 2400 g/mol. The van der Waals surface area contributed by atoms with E-state index in [1.54, 1.807) is 109 Å². The molecule has 0 fully saturated rings. The summed E-state index contributed by atoms with van der Waals surface area (Å²) in [7, 11) is 6.94. The molecule has 0 radical (unpaired) electrons. The van der Waals surface area contributed by atoms with E-state index in [9.17, 15) is 70.2 Å². The zero-order chi connectivity index (χ0) is 85.3. The Hall–Kier alpha value is -11.6. The molecule has 24 nitrogen and oxygen atoms in total. The molecule has 16 heterocycles. The summed E-state index contributed by atoms with van der Waals surface area (Å²) in [6.45, 7) is 14.0. The van der Waals surface area contributed by atoms with Crippen molar-refractivity contribution in [3.8, 4) is 45.0 Å². The summed E-state index contributed by atoms with van der Waals surface area (Å²) >= 11 is 0. The van der Waals surface area contributed by atoms with Crippen LogP contribution in [0.1, 0.15) is 43.4 Å². The summed E-state index contributed by atoms with van der Waals surface area (Å²) in [6.07, 6.45) is 13.0. The van der Waals surface area contributed by atoms with E-state index in [0.29, 0.717) is 28.7 Å². The molecule has 0 amide bonds. The molecule has 0 atom stereocenters. The van der Waals surface area contributed by atoms with Crippen LogP contribution < -0.4 is 20.0 Å². The fourth-order valence-electron chi connectivity index (χ4n) is 9.22. The van der Waals surface area contributed by atoms with Crippen LogP contribution in [0.15, 0.2) is 148 Å². The van der Waals surface area contributed by atoms with Gasteiger partial charge in [0, 0.05) is 24.8 Å². The molecule has 0 bridgehead atoms. The van der Waals surface area contributed by atoms with Gasteiger partial charge < -0.3 is 79.5 Å². The Bertz CT molecular complexity index is 5240. The van der Waals surface area contributed by atoms with Crippen LogP contribution >= 0.6 is 0 Å². The Labute approximate surface area is 741 Å². The molecule has 0 unspecified atom stereocenters. The zero-order valence-electron chi connectivity index (χ0n) is 63.6. The molecule has 0 saturated carbocycles. The maximum atomic E-state index is 13.4. The smallest absolute Gasteiger partial charge is 0.493 e. The van der Waals surface area contributed by atoms with Crippen molar-refractivity contribution in [3.05, 3.63) is 315 Å². The first-order chi connectivity index (χ1) is 56.4. The number of halogens is 16. The Balaban J connectivity index is 0.000000247. The van der Waals surface area contributed by atoms with Crippen molar-refractivity contribution in [1.82, 2.24) is 79.4 Å². The van der Waals surface area contributed by atoms with Crippen molar-refractivity contribution in [2.75, 3.05) is 48.2 Å². The maximum absolute atomic E-state index is 13.4. The van der Waals surface area contributed by atoms with E-state index in [4.69, 9.17) is 0 Å². The van der Waals surface area contributed by atoms with Gasteiger partial charge >= 0.3 is 80.4 Å². The van der Waals surface area contributed by atoms with Gasteiger partial charge in [-0.05, 0) is 117 Å². The third-order valence-corrected chi connectivity index (χ3v) is 14.7. The second-order valence-electron chi connectivity index (χ2n) is 23.9. The van der Waals surface area contributed by atoms with Crippen molar-refractivity contribution in [2.45, 2.75) is 40.0 Å². The largest absolute Gasteiger partial charge is 3.00 e. The summed E-state index contributed by atoms with van der Waals surface area (Å²) in [5, 5.41) is 20.2. The summed E-state index contributed by atoms with van der Waals surface area (Å²) in [6, 6.07) is 43.1. The number of hydrogen-bond donors (Lipinski definition) is 0. The third-order valence-electron chi connectivity index (χ3n) is 14.7. The van der Waals surface area contributed by atoms with E-state index in [0.717, 1.165) is 71.6 Å². The van der Waals surface area contributed by atoms with E-state index in [1.807, 2.05) is 39.8 Å². The molecule has 0 spiro atoms. The van der Waals surface area contributed by atoms with Gasteiger partial charge in [0.1, 0.15) is 71.4 Å². The first kappa shape index (κ1) is 101. The maximum Gasteiger partial charge on any atom is 3.00 e. The molecule has 4 aliphatic rings. The van der Waals surface area contributed by atoms with Crippen LogP contribution in [0, 0.1) is 177 Å². The minimum atomic E-state index is -0.936. The van der Waals surface area contributed by atoms with Crippen molar-refractivity contribution in [3.63, 3.8) is 0 Å². The molecule has 0 saturated heterocycles. The number of hydrogen-bond acceptors (Lipinski definition) is 24. The van der Waals surface area contributed by atoms with Crippen LogP contribution in [0.3, 0.4) is 0 Å². The molecular weight excluding hydrogens is 2350 g/mol. The molecule has 44 heteroatoms. The molecule has 12 aromatic rings. The summed E-state index contributed by atoms with van der Waals surface area (Å²) in [5.41, 5.74) is 4.95. The van der Waals surface area contributed by atoms with E-state index in [1.165, 1.54) is 78.3 Å². The molecule has 0 N–H and O–H groups in total. The number of anilines is 4. The standard InChI is InChI=1S/C13H11F2N2.C12H9F2N2.C11H7F2N2.C10H5F2N2.4C8H6F2N4.4Ir/c1-8(2)9-5-6-16-11(7-9)10-3-4-12(14)17-13(10)15;1-2-8-5-6-15-10(7-8)9-3-4-11(13)16-12(9)14;1-7-4-5-14-9(6-7)8-2-3-10(12)15-11(8)13;11-9-5-4-7(10(12)14-9)8-3-1-2-6-13-8;4*1-13-4-11-14(5-13)6-2-3-7(9)12-8(6)10;;;;/h4-8H,1-2H3;4-7H,2H2,1H3;3-6H,1H3;1-3,5-6H;4*3-5H,1H3;;;;/q4*-1;4*-2;4*+3. The first-order valence-corrected chi connectivity index (χ1v) is 33.7. The fraction of sp³-hybridized carbons (Fsp3) is 0.128. The summed E-state index contributed by atoms with van der Waals surface area (Å²) in [4.78, 5) is 46.9. The van der Waals surface area contributed by atoms with Crippen LogP contribution in [0.2, 0.25) is 0 Å². The Morgan fingerprint density at radius 3 is 0.852 bits per heavy atom. The third kappa shape index (κ3) is 29.9. The Morgan fingerprint density at radius 1 is 0.320 bits per heavy atom. The number of rotatable bonds is 10. The number of aryl methyl sites for hydroxylation is 2. The van der Waals surface area contributed by atoms with Gasteiger partial charge in [-0.3, -0.25) is 55.1 Å². The van der Waals surface area contributed by atoms with Crippen molar-refractivity contribution >= 4 is 48.1 Å². The summed E-state index contributed by atoms with van der Waals surface area (Å²) in [5.74, 6) is -14.1. The Morgan fingerprint density at radius 2 is 0.590 bits per heavy atom. The number of aromatic nitrogens is 12. The predicted molar refractivity (Wildman–Crippen MR) is 397 cm³/mol. The van der Waals surface area contributed by atoms with Gasteiger partial charge in [0.15, 0.2) is 0 Å². The van der Waals surface area contributed by atoms with Crippen molar-refractivity contribution in [1.29, 1.82) is 0 Å². The van der Waals surface area contributed by atoms with Crippen LogP contribution in [0.4, 0.5) is 93.0 Å². The van der Waals surface area contributed by atoms with E-state index < -0.39 is 95.2 Å². The Kier molecular flexibility index (Phi) is 40.3. The minimum absolute atomic E-state index is 0. The number of hydrazone groups is 4. The van der Waals surface area contributed by atoms with E-state index in [-0.39, 0.29) is 125 Å². The van der Waals surface area contributed by atoms with Gasteiger partial charge in [0.25, 0.3) is 0 Å². The fourth-order valence-corrected chi connectivity index (χ4v) is 9.22. The van der Waals surface area contributed by atoms with Crippen molar-refractivity contribution < 1.29 is 151 Å². The molecule has 636 valence electrons. The first-order valence-electron chi connectivity index (χ1n) is 33.7. The molecule has 122 heavy (non-hydrogen) atoms. The SMILES string of the molecule is CC(C)c1ccnc(-c2[c-]cc(F)nc2F)c1.CCc1ccnc(-c2[c-]cc(F)nc2F)c1.CN1C=NN(c2[c-]cc(F)nc2F)[CH-]1.CN1C=NN(c2[c-]cc(F)nc2F)[CH-]1.CN1C=NN(c2[c-]cc(F)nc2F)[CH-]1.CN1C=NN(c2[c-]cc(F)nc2F)[CH-]1.Cc1ccnc(-c2[c-]cc(F)nc2F)c1.Fc1c[c-]c(-c2ccccn2)c(F)n1.[Ir+3].[Ir+3].[Ir+3].[Ir+3]. The van der Waals surface area contributed by atoms with Crippen LogP contribution in [-0.4, -0.2) is 133 Å². The average Bonchev–Trinajstić information content (AvgIpc) is 1.82. The van der Waals surface area contributed by atoms with Gasteiger partial charge in [-0.1, -0.05) is 114 Å². The quantitative estimate of drug-likeness (QED) is 0.0704. The van der Waals surface area contributed by atoms with Crippen LogP contribution in [0.5, 0.6) is 0 Å². The average molecular weight is 2400 g/mol. The van der Waals surface area contributed by atoms with E-state index in [2.05, 4.69) is 129 Å². The predicted octanol–water partition coefficient (Wildman–Crippen LogP) is 14.8. The van der Waals surface area contributed by atoms with Gasteiger partial charge in [-0.2, -0.15) is 44.7 Å². The molecule has 16 rings (SSSR count). The zero-order valence-corrected chi connectivity index (χ0v) is 73.2. The van der Waals surface area contributed by atoms with Gasteiger partial charge in [-0.25, -0.2) is 35.1 Å². The van der Waals surface area contributed by atoms with E-state index >= 15 is 0 Å². The molecule has 12 aromatic heterocycles. The molecule has 0 aromatic carbocycles. The van der Waals surface area contributed by atoms with Gasteiger partial charge in [0.2, 0.25) is 0 Å². The van der Waals surface area contributed by atoms with Crippen LogP contribution in [-0.2, 0) is 86.8 Å².